The Kier molecular flexibility index (Phi) is 1.79. The minimum absolute atomic E-state index is 0.955. The second-order valence-electron chi connectivity index (χ2n) is 3.19. The van der Waals surface area contributed by atoms with E-state index in [1.54, 1.807) is 0 Å². The van der Waals surface area contributed by atoms with Crippen LogP contribution in [0.1, 0.15) is 24.1 Å². The van der Waals surface area contributed by atoms with E-state index >= 15 is 0 Å². The van der Waals surface area contributed by atoms with Gasteiger partial charge in [0.15, 0.2) is 0 Å². The fraction of sp³-hybridized carbons (Fsp3) is 0.400. The SMILES string of the molecule is CCc1nccn2c(C)nc(C)c12. The van der Waals surface area contributed by atoms with E-state index < -0.39 is 0 Å². The zero-order chi connectivity index (χ0) is 9.42. The van der Waals surface area contributed by atoms with E-state index in [0.29, 0.717) is 0 Å². The number of fused-ring (bicyclic) bond motifs is 1. The molecule has 3 nitrogen and oxygen atoms in total. The third kappa shape index (κ3) is 1.11. The summed E-state index contributed by atoms with van der Waals surface area (Å²) in [6, 6.07) is 0. The molecular weight excluding hydrogens is 162 g/mol. The second kappa shape index (κ2) is 2.83. The van der Waals surface area contributed by atoms with Crippen molar-refractivity contribution in [2.75, 3.05) is 0 Å². The van der Waals surface area contributed by atoms with Crippen LogP contribution in [0.3, 0.4) is 0 Å². The molecule has 0 aliphatic heterocycles. The molecule has 0 aliphatic rings. The molecular formula is C10H13N3. The molecule has 2 rings (SSSR count). The summed E-state index contributed by atoms with van der Waals surface area (Å²) in [6.07, 6.45) is 4.75. The summed E-state index contributed by atoms with van der Waals surface area (Å²) < 4.78 is 2.10. The number of hydrogen-bond donors (Lipinski definition) is 0. The maximum absolute atomic E-state index is 4.42. The number of rotatable bonds is 1. The summed E-state index contributed by atoms with van der Waals surface area (Å²) in [5, 5.41) is 0. The Bertz CT molecular complexity index is 443. The maximum atomic E-state index is 4.42. The molecule has 2 heterocycles. The van der Waals surface area contributed by atoms with Crippen molar-refractivity contribution in [1.82, 2.24) is 14.4 Å². The van der Waals surface area contributed by atoms with Gasteiger partial charge in [-0.15, -0.1) is 0 Å². The van der Waals surface area contributed by atoms with Crippen LogP contribution >= 0.6 is 0 Å². The Balaban J connectivity index is 2.88. The molecule has 13 heavy (non-hydrogen) atoms. The van der Waals surface area contributed by atoms with Crippen LogP contribution in [0.25, 0.3) is 5.52 Å². The van der Waals surface area contributed by atoms with Crippen molar-refractivity contribution in [3.8, 4) is 0 Å². The van der Waals surface area contributed by atoms with Crippen molar-refractivity contribution < 1.29 is 0 Å². The average Bonchev–Trinajstić information content (AvgIpc) is 2.43. The molecule has 2 aromatic rings. The molecule has 0 saturated carbocycles. The van der Waals surface area contributed by atoms with E-state index in [1.165, 1.54) is 5.52 Å². The first-order valence-electron chi connectivity index (χ1n) is 4.53. The van der Waals surface area contributed by atoms with Crippen LogP contribution in [-0.4, -0.2) is 14.4 Å². The van der Waals surface area contributed by atoms with E-state index in [2.05, 4.69) is 21.3 Å². The first kappa shape index (κ1) is 8.23. The van der Waals surface area contributed by atoms with Gasteiger partial charge in [-0.05, 0) is 20.3 Å². The minimum Gasteiger partial charge on any atom is -0.300 e. The van der Waals surface area contributed by atoms with Gasteiger partial charge in [0.1, 0.15) is 5.82 Å². The van der Waals surface area contributed by atoms with Gasteiger partial charge in [-0.2, -0.15) is 0 Å². The Morgan fingerprint density at radius 2 is 2.15 bits per heavy atom. The normalized spacial score (nSPS) is 11.0. The Morgan fingerprint density at radius 3 is 2.85 bits per heavy atom. The third-order valence-corrected chi connectivity index (χ3v) is 2.32. The summed E-state index contributed by atoms with van der Waals surface area (Å²) in [4.78, 5) is 8.76. The van der Waals surface area contributed by atoms with Crippen molar-refractivity contribution in [1.29, 1.82) is 0 Å². The third-order valence-electron chi connectivity index (χ3n) is 2.32. The summed E-state index contributed by atoms with van der Waals surface area (Å²) in [7, 11) is 0. The standard InChI is InChI=1S/C10H13N3/c1-4-9-10-7(2)12-8(3)13(10)6-5-11-9/h5-6H,4H2,1-3H3. The lowest BCUT2D eigenvalue weighted by Gasteiger charge is -2.00. The van der Waals surface area contributed by atoms with Crippen LogP contribution in [-0.2, 0) is 6.42 Å². The summed E-state index contributed by atoms with van der Waals surface area (Å²) in [5.41, 5.74) is 3.37. The molecule has 0 N–H and O–H groups in total. The highest BCUT2D eigenvalue weighted by Crippen LogP contribution is 2.14. The molecule has 0 aliphatic carbocycles. The average molecular weight is 175 g/mol. The zero-order valence-corrected chi connectivity index (χ0v) is 8.20. The molecule has 0 fully saturated rings. The lowest BCUT2D eigenvalue weighted by Crippen LogP contribution is -1.95. The van der Waals surface area contributed by atoms with Crippen LogP contribution in [0.2, 0.25) is 0 Å². The van der Waals surface area contributed by atoms with Crippen molar-refractivity contribution in [3.05, 3.63) is 29.6 Å². The molecule has 3 heteroatoms. The van der Waals surface area contributed by atoms with E-state index in [0.717, 1.165) is 23.6 Å². The molecule has 0 atom stereocenters. The van der Waals surface area contributed by atoms with Gasteiger partial charge in [-0.25, -0.2) is 4.98 Å². The number of hydrogen-bond acceptors (Lipinski definition) is 2. The second-order valence-corrected chi connectivity index (χ2v) is 3.19. The highest BCUT2D eigenvalue weighted by Gasteiger charge is 2.07. The van der Waals surface area contributed by atoms with Gasteiger partial charge in [-0.3, -0.25) is 4.98 Å². The first-order valence-corrected chi connectivity index (χ1v) is 4.53. The molecule has 0 unspecified atom stereocenters. The van der Waals surface area contributed by atoms with Crippen LogP contribution in [0.5, 0.6) is 0 Å². The fourth-order valence-electron chi connectivity index (χ4n) is 1.73. The van der Waals surface area contributed by atoms with E-state index in [-0.39, 0.29) is 0 Å². The highest BCUT2D eigenvalue weighted by molar-refractivity contribution is 5.56. The monoisotopic (exact) mass is 175 g/mol. The molecule has 68 valence electrons. The van der Waals surface area contributed by atoms with Crippen molar-refractivity contribution in [3.63, 3.8) is 0 Å². The van der Waals surface area contributed by atoms with Crippen molar-refractivity contribution >= 4 is 5.52 Å². The Hall–Kier alpha value is -1.38. The van der Waals surface area contributed by atoms with E-state index in [4.69, 9.17) is 0 Å². The molecule has 0 amide bonds. The molecule has 0 radical (unpaired) electrons. The zero-order valence-electron chi connectivity index (χ0n) is 8.20. The molecule has 0 spiro atoms. The highest BCUT2D eigenvalue weighted by atomic mass is 15.0. The molecule has 0 bridgehead atoms. The number of imidazole rings is 1. The first-order chi connectivity index (χ1) is 6.24. The van der Waals surface area contributed by atoms with Crippen LogP contribution in [0.15, 0.2) is 12.4 Å². The van der Waals surface area contributed by atoms with Gasteiger partial charge in [0.25, 0.3) is 0 Å². The van der Waals surface area contributed by atoms with Crippen LogP contribution in [0, 0.1) is 13.8 Å². The Morgan fingerprint density at radius 1 is 1.38 bits per heavy atom. The lowest BCUT2D eigenvalue weighted by molar-refractivity contribution is 0.974. The van der Waals surface area contributed by atoms with Crippen molar-refractivity contribution in [2.24, 2.45) is 0 Å². The molecule has 0 aromatic carbocycles. The quantitative estimate of drug-likeness (QED) is 0.662. The van der Waals surface area contributed by atoms with Crippen LogP contribution < -0.4 is 0 Å². The Labute approximate surface area is 77.4 Å². The summed E-state index contributed by atoms with van der Waals surface area (Å²) in [6.45, 7) is 6.16. The summed E-state index contributed by atoms with van der Waals surface area (Å²) in [5.74, 6) is 1.03. The van der Waals surface area contributed by atoms with E-state index in [9.17, 15) is 0 Å². The molecule has 0 saturated heterocycles. The van der Waals surface area contributed by atoms with Crippen molar-refractivity contribution in [2.45, 2.75) is 27.2 Å². The van der Waals surface area contributed by atoms with Crippen LogP contribution in [0.4, 0.5) is 0 Å². The largest absolute Gasteiger partial charge is 0.300 e. The molecule has 2 aromatic heterocycles. The van der Waals surface area contributed by atoms with Gasteiger partial charge < -0.3 is 4.40 Å². The summed E-state index contributed by atoms with van der Waals surface area (Å²) >= 11 is 0. The maximum Gasteiger partial charge on any atom is 0.110 e. The van der Waals surface area contributed by atoms with Gasteiger partial charge in [0, 0.05) is 12.4 Å². The van der Waals surface area contributed by atoms with Gasteiger partial charge in [0.2, 0.25) is 0 Å². The van der Waals surface area contributed by atoms with Gasteiger partial charge in [0.05, 0.1) is 16.9 Å². The van der Waals surface area contributed by atoms with Gasteiger partial charge >= 0.3 is 0 Å². The number of aromatic nitrogens is 3. The number of aryl methyl sites for hydroxylation is 3. The number of nitrogens with zero attached hydrogens (tertiary/aromatic N) is 3. The van der Waals surface area contributed by atoms with Gasteiger partial charge in [-0.1, -0.05) is 6.92 Å². The fourth-order valence-corrected chi connectivity index (χ4v) is 1.73. The predicted octanol–water partition coefficient (Wildman–Crippen LogP) is 1.91. The topological polar surface area (TPSA) is 30.2 Å². The smallest absolute Gasteiger partial charge is 0.110 e. The van der Waals surface area contributed by atoms with E-state index in [1.807, 2.05) is 26.2 Å². The minimum atomic E-state index is 0.955. The lowest BCUT2D eigenvalue weighted by atomic mass is 10.2. The predicted molar refractivity (Wildman–Crippen MR) is 51.8 cm³/mol.